The molecule has 0 fully saturated rings. The maximum absolute atomic E-state index is 13.5. The third-order valence-electron chi connectivity index (χ3n) is 5.28. The number of hydrogen-bond donors (Lipinski definition) is 0. The summed E-state index contributed by atoms with van der Waals surface area (Å²) in [7, 11) is 6.81. The summed E-state index contributed by atoms with van der Waals surface area (Å²) in [6, 6.07) is 3.72. The van der Waals surface area contributed by atoms with E-state index >= 15 is 0 Å². The zero-order chi connectivity index (χ0) is 22.0. The van der Waals surface area contributed by atoms with Gasteiger partial charge in [-0.25, -0.2) is 4.68 Å². The summed E-state index contributed by atoms with van der Waals surface area (Å²) in [5.74, 6) is 1.97. The molecule has 0 aliphatic carbocycles. The molecule has 0 aliphatic rings. The Morgan fingerprint density at radius 3 is 2.30 bits per heavy atom. The number of fused-ring (bicyclic) bond motifs is 1. The lowest BCUT2D eigenvalue weighted by atomic mass is 10.0. The zero-order valence-electron chi connectivity index (χ0n) is 18.9. The molecule has 8 nitrogen and oxygen atoms in total. The number of benzene rings is 1. The Hall–Kier alpha value is -3.03. The number of aromatic nitrogens is 4. The first-order valence-corrected chi connectivity index (χ1v) is 10.3. The third-order valence-corrected chi connectivity index (χ3v) is 5.28. The Morgan fingerprint density at radius 2 is 1.73 bits per heavy atom. The van der Waals surface area contributed by atoms with Gasteiger partial charge in [0, 0.05) is 38.8 Å². The summed E-state index contributed by atoms with van der Waals surface area (Å²) in [6.07, 6.45) is 1.96. The second kappa shape index (κ2) is 8.77. The first kappa shape index (κ1) is 21.7. The molecule has 8 heteroatoms. The monoisotopic (exact) mass is 413 g/mol. The van der Waals surface area contributed by atoms with E-state index in [2.05, 4.69) is 23.8 Å². The van der Waals surface area contributed by atoms with Gasteiger partial charge in [0.1, 0.15) is 22.6 Å². The molecule has 1 aromatic carbocycles. The van der Waals surface area contributed by atoms with Crippen molar-refractivity contribution in [3.63, 3.8) is 0 Å². The van der Waals surface area contributed by atoms with Crippen molar-refractivity contribution in [1.29, 1.82) is 0 Å². The maximum Gasteiger partial charge on any atom is 0.266 e. The summed E-state index contributed by atoms with van der Waals surface area (Å²) in [5, 5.41) is 5.17. The molecule has 0 aliphatic heterocycles. The van der Waals surface area contributed by atoms with Crippen LogP contribution in [-0.2, 0) is 14.1 Å². The predicted molar refractivity (Wildman–Crippen MR) is 120 cm³/mol. The van der Waals surface area contributed by atoms with E-state index < -0.39 is 0 Å². The number of nitrogens with zero attached hydrogens (tertiary/aromatic N) is 5. The summed E-state index contributed by atoms with van der Waals surface area (Å²) >= 11 is 0. The number of aryl methyl sites for hydroxylation is 2. The van der Waals surface area contributed by atoms with Crippen molar-refractivity contribution < 1.29 is 9.47 Å². The van der Waals surface area contributed by atoms with E-state index in [4.69, 9.17) is 14.5 Å². The lowest BCUT2D eigenvalue weighted by molar-refractivity contribution is 0.395. The fraction of sp³-hybridized carbons (Fsp3) is 0.500. The SMILES string of the molecule is CCCN(CCC)c1nc2c(c(-c3c(C)cc(OC)cc3OC)nn2C)c(=O)n1C. The second-order valence-electron chi connectivity index (χ2n) is 7.46. The van der Waals surface area contributed by atoms with Gasteiger partial charge >= 0.3 is 0 Å². The van der Waals surface area contributed by atoms with E-state index in [0.29, 0.717) is 34.2 Å². The maximum atomic E-state index is 13.5. The largest absolute Gasteiger partial charge is 0.497 e. The van der Waals surface area contributed by atoms with Gasteiger partial charge in [0.2, 0.25) is 5.95 Å². The van der Waals surface area contributed by atoms with Crippen LogP contribution in [0, 0.1) is 6.92 Å². The van der Waals surface area contributed by atoms with E-state index in [-0.39, 0.29) is 5.56 Å². The van der Waals surface area contributed by atoms with Gasteiger partial charge in [-0.3, -0.25) is 9.36 Å². The van der Waals surface area contributed by atoms with Crippen LogP contribution in [0.1, 0.15) is 32.3 Å². The average molecular weight is 414 g/mol. The highest BCUT2D eigenvalue weighted by molar-refractivity contribution is 5.94. The number of ether oxygens (including phenoxy) is 2. The molecule has 2 heterocycles. The van der Waals surface area contributed by atoms with Crippen molar-refractivity contribution in [2.75, 3.05) is 32.2 Å². The number of hydrogen-bond acceptors (Lipinski definition) is 6. The van der Waals surface area contributed by atoms with E-state index in [1.54, 1.807) is 36.6 Å². The quantitative estimate of drug-likeness (QED) is 0.564. The standard InChI is InChI=1S/C22H31N5O3/c1-8-10-27(11-9-2)22-23-20-18(21(28)25(22)4)19(24-26(20)5)17-14(3)12-15(29-6)13-16(17)30-7/h12-13H,8-11H2,1-7H3. The molecule has 3 aromatic rings. The number of anilines is 1. The van der Waals surface area contributed by atoms with Crippen LogP contribution < -0.4 is 19.9 Å². The fourth-order valence-corrected chi connectivity index (χ4v) is 3.88. The third kappa shape index (κ3) is 3.62. The molecule has 0 saturated carbocycles. The van der Waals surface area contributed by atoms with Gasteiger partial charge in [0.05, 0.1) is 14.2 Å². The van der Waals surface area contributed by atoms with E-state index in [1.807, 2.05) is 20.0 Å². The molecule has 0 saturated heterocycles. The highest BCUT2D eigenvalue weighted by Gasteiger charge is 2.24. The molecule has 162 valence electrons. The highest BCUT2D eigenvalue weighted by Crippen LogP contribution is 2.38. The smallest absolute Gasteiger partial charge is 0.266 e. The van der Waals surface area contributed by atoms with Gasteiger partial charge in [0.15, 0.2) is 5.65 Å². The van der Waals surface area contributed by atoms with Crippen LogP contribution in [0.25, 0.3) is 22.3 Å². The lowest BCUT2D eigenvalue weighted by Crippen LogP contribution is -2.33. The molecule has 0 atom stereocenters. The summed E-state index contributed by atoms with van der Waals surface area (Å²) in [6.45, 7) is 7.89. The van der Waals surface area contributed by atoms with Crippen LogP contribution in [0.3, 0.4) is 0 Å². The zero-order valence-corrected chi connectivity index (χ0v) is 18.9. The highest BCUT2D eigenvalue weighted by atomic mass is 16.5. The summed E-state index contributed by atoms with van der Waals surface area (Å²) in [4.78, 5) is 20.5. The molecule has 0 bridgehead atoms. The van der Waals surface area contributed by atoms with Crippen molar-refractivity contribution in [3.05, 3.63) is 28.0 Å². The Kier molecular flexibility index (Phi) is 6.34. The summed E-state index contributed by atoms with van der Waals surface area (Å²) in [5.41, 5.74) is 2.71. The molecule has 2 aromatic heterocycles. The number of rotatable bonds is 8. The van der Waals surface area contributed by atoms with Crippen LogP contribution in [0.5, 0.6) is 11.5 Å². The topological polar surface area (TPSA) is 74.4 Å². The van der Waals surface area contributed by atoms with Crippen molar-refractivity contribution >= 4 is 17.0 Å². The lowest BCUT2D eigenvalue weighted by Gasteiger charge is -2.24. The van der Waals surface area contributed by atoms with Crippen LogP contribution in [0.2, 0.25) is 0 Å². The second-order valence-corrected chi connectivity index (χ2v) is 7.46. The Labute approximate surface area is 177 Å². The molecule has 3 rings (SSSR count). The molecule has 0 spiro atoms. The first-order chi connectivity index (χ1) is 14.4. The first-order valence-electron chi connectivity index (χ1n) is 10.3. The minimum Gasteiger partial charge on any atom is -0.497 e. The minimum atomic E-state index is -0.118. The summed E-state index contributed by atoms with van der Waals surface area (Å²) < 4.78 is 14.3. The van der Waals surface area contributed by atoms with Gasteiger partial charge in [-0.2, -0.15) is 10.1 Å². The van der Waals surface area contributed by atoms with Crippen molar-refractivity contribution in [2.45, 2.75) is 33.6 Å². The molecule has 30 heavy (non-hydrogen) atoms. The Bertz CT molecular complexity index is 1110. The van der Waals surface area contributed by atoms with Gasteiger partial charge < -0.3 is 14.4 Å². The van der Waals surface area contributed by atoms with Gasteiger partial charge in [-0.05, 0) is 31.4 Å². The van der Waals surface area contributed by atoms with E-state index in [0.717, 1.165) is 37.1 Å². The molecule has 0 N–H and O–H groups in total. The fourth-order valence-electron chi connectivity index (χ4n) is 3.88. The van der Waals surface area contributed by atoms with Crippen LogP contribution in [-0.4, -0.2) is 46.6 Å². The van der Waals surface area contributed by atoms with Crippen molar-refractivity contribution in [3.8, 4) is 22.8 Å². The average Bonchev–Trinajstić information content (AvgIpc) is 3.05. The van der Waals surface area contributed by atoms with Crippen LogP contribution in [0.4, 0.5) is 5.95 Å². The normalized spacial score (nSPS) is 11.2. The predicted octanol–water partition coefficient (Wildman–Crippen LogP) is 3.29. The van der Waals surface area contributed by atoms with Gasteiger partial charge in [-0.1, -0.05) is 13.8 Å². The van der Waals surface area contributed by atoms with E-state index in [1.165, 1.54) is 0 Å². The minimum absolute atomic E-state index is 0.118. The molecule has 0 unspecified atom stereocenters. The number of methoxy groups -OCH3 is 2. The Morgan fingerprint density at radius 1 is 1.07 bits per heavy atom. The van der Waals surface area contributed by atoms with Gasteiger partial charge in [-0.15, -0.1) is 0 Å². The van der Waals surface area contributed by atoms with Crippen molar-refractivity contribution in [1.82, 2.24) is 19.3 Å². The van der Waals surface area contributed by atoms with Crippen LogP contribution >= 0.6 is 0 Å². The molecular formula is C22H31N5O3. The molecule has 0 radical (unpaired) electrons. The van der Waals surface area contributed by atoms with Crippen molar-refractivity contribution in [2.24, 2.45) is 14.1 Å². The molecular weight excluding hydrogens is 382 g/mol. The van der Waals surface area contributed by atoms with E-state index in [9.17, 15) is 4.79 Å². The van der Waals surface area contributed by atoms with Crippen LogP contribution in [0.15, 0.2) is 16.9 Å². The molecule has 0 amide bonds. The van der Waals surface area contributed by atoms with Gasteiger partial charge in [0.25, 0.3) is 5.56 Å². The Balaban J connectivity index is 2.31.